The van der Waals surface area contributed by atoms with Crippen molar-refractivity contribution in [2.75, 3.05) is 6.79 Å². The number of hydrogen-bond donors (Lipinski definition) is 0. The van der Waals surface area contributed by atoms with Crippen LogP contribution < -0.4 is 9.47 Å². The lowest BCUT2D eigenvalue weighted by molar-refractivity contribution is 0.174. The molecule has 4 heteroatoms. The molecule has 1 aliphatic rings. The third kappa shape index (κ3) is 2.36. The summed E-state index contributed by atoms with van der Waals surface area (Å²) >= 11 is 0. The molecule has 1 atom stereocenters. The van der Waals surface area contributed by atoms with E-state index in [0.717, 1.165) is 22.8 Å². The molecule has 2 aromatic rings. The Labute approximate surface area is 111 Å². The van der Waals surface area contributed by atoms with Crippen LogP contribution in [0.2, 0.25) is 0 Å². The molecule has 0 N–H and O–H groups in total. The van der Waals surface area contributed by atoms with Crippen LogP contribution >= 0.6 is 0 Å². The van der Waals surface area contributed by atoms with Gasteiger partial charge in [-0.15, -0.1) is 0 Å². The summed E-state index contributed by atoms with van der Waals surface area (Å²) in [6, 6.07) is 13.7. The number of aromatic nitrogens is 1. The second-order valence-electron chi connectivity index (χ2n) is 4.33. The predicted molar refractivity (Wildman–Crippen MR) is 68.9 cm³/mol. The third-order valence-electron chi connectivity index (χ3n) is 3.08. The minimum absolute atomic E-state index is 0.249. The molecule has 1 aromatic heterocycles. The summed E-state index contributed by atoms with van der Waals surface area (Å²) in [4.78, 5) is 4.24. The highest BCUT2D eigenvalue weighted by atomic mass is 16.7. The van der Waals surface area contributed by atoms with Crippen molar-refractivity contribution in [1.29, 1.82) is 5.26 Å². The standard InChI is InChI=1S/C15H12N2O2/c16-9-12(13-3-1-2-6-17-13)7-11-4-5-14-15(8-11)19-10-18-14/h1-6,8,12H,7,10H2. The van der Waals surface area contributed by atoms with E-state index in [1.807, 2.05) is 36.4 Å². The zero-order valence-electron chi connectivity index (χ0n) is 10.2. The van der Waals surface area contributed by atoms with E-state index in [9.17, 15) is 5.26 Å². The van der Waals surface area contributed by atoms with Gasteiger partial charge in [-0.25, -0.2) is 0 Å². The fraction of sp³-hybridized carbons (Fsp3) is 0.200. The summed E-state index contributed by atoms with van der Waals surface area (Å²) in [6.07, 6.45) is 2.32. The van der Waals surface area contributed by atoms with Crippen molar-refractivity contribution in [3.8, 4) is 17.6 Å². The van der Waals surface area contributed by atoms with E-state index >= 15 is 0 Å². The Balaban J connectivity index is 1.82. The Kier molecular flexibility index (Phi) is 3.03. The third-order valence-corrected chi connectivity index (χ3v) is 3.08. The average Bonchev–Trinajstić information content (AvgIpc) is 2.93. The number of nitrogens with zero attached hydrogens (tertiary/aromatic N) is 2. The van der Waals surface area contributed by atoms with Crippen LogP contribution in [0.3, 0.4) is 0 Å². The van der Waals surface area contributed by atoms with Crippen LogP contribution in [0.1, 0.15) is 17.2 Å². The van der Waals surface area contributed by atoms with Crippen LogP contribution in [0.5, 0.6) is 11.5 Å². The summed E-state index contributed by atoms with van der Waals surface area (Å²) in [5.74, 6) is 1.26. The van der Waals surface area contributed by atoms with Gasteiger partial charge in [0.25, 0.3) is 0 Å². The van der Waals surface area contributed by atoms with Crippen molar-refractivity contribution >= 4 is 0 Å². The van der Waals surface area contributed by atoms with Gasteiger partial charge in [0.05, 0.1) is 17.7 Å². The smallest absolute Gasteiger partial charge is 0.231 e. The highest BCUT2D eigenvalue weighted by Crippen LogP contribution is 2.33. The lowest BCUT2D eigenvalue weighted by Gasteiger charge is -2.09. The molecule has 4 nitrogen and oxygen atoms in total. The van der Waals surface area contributed by atoms with Crippen molar-refractivity contribution in [2.24, 2.45) is 0 Å². The van der Waals surface area contributed by atoms with Crippen molar-refractivity contribution in [3.63, 3.8) is 0 Å². The van der Waals surface area contributed by atoms with E-state index in [-0.39, 0.29) is 12.7 Å². The lowest BCUT2D eigenvalue weighted by Crippen LogP contribution is -2.02. The number of fused-ring (bicyclic) bond motifs is 1. The average molecular weight is 252 g/mol. The number of hydrogen-bond acceptors (Lipinski definition) is 4. The first-order valence-electron chi connectivity index (χ1n) is 6.06. The number of benzene rings is 1. The maximum Gasteiger partial charge on any atom is 0.231 e. The molecule has 0 saturated heterocycles. The zero-order chi connectivity index (χ0) is 13.1. The molecule has 0 fully saturated rings. The highest BCUT2D eigenvalue weighted by molar-refractivity contribution is 5.45. The van der Waals surface area contributed by atoms with Crippen LogP contribution in [-0.4, -0.2) is 11.8 Å². The van der Waals surface area contributed by atoms with Crippen LogP contribution in [-0.2, 0) is 6.42 Å². The number of ether oxygens (including phenoxy) is 2. The topological polar surface area (TPSA) is 55.1 Å². The Morgan fingerprint density at radius 2 is 2.11 bits per heavy atom. The molecular weight excluding hydrogens is 240 g/mol. The van der Waals surface area contributed by atoms with Gasteiger partial charge >= 0.3 is 0 Å². The molecule has 0 aliphatic carbocycles. The van der Waals surface area contributed by atoms with Crippen LogP contribution in [0.15, 0.2) is 42.6 Å². The number of pyridine rings is 1. The van der Waals surface area contributed by atoms with E-state index in [1.165, 1.54) is 0 Å². The van der Waals surface area contributed by atoms with Gasteiger partial charge in [0.15, 0.2) is 11.5 Å². The molecular formula is C15H12N2O2. The van der Waals surface area contributed by atoms with Crippen LogP contribution in [0, 0.1) is 11.3 Å². The normalized spacial score (nSPS) is 13.8. The van der Waals surface area contributed by atoms with Gasteiger partial charge in [-0.3, -0.25) is 4.98 Å². The number of rotatable bonds is 3. The molecule has 94 valence electrons. The number of nitriles is 1. The summed E-state index contributed by atoms with van der Waals surface area (Å²) in [5.41, 5.74) is 1.84. The van der Waals surface area contributed by atoms with Gasteiger partial charge in [-0.05, 0) is 36.2 Å². The molecule has 1 aliphatic heterocycles. The van der Waals surface area contributed by atoms with Gasteiger partial charge in [-0.2, -0.15) is 5.26 Å². The van der Waals surface area contributed by atoms with Crippen molar-refractivity contribution in [3.05, 3.63) is 53.9 Å². The molecule has 1 aromatic carbocycles. The first-order chi connectivity index (χ1) is 9.36. The molecule has 0 radical (unpaired) electrons. The lowest BCUT2D eigenvalue weighted by atomic mass is 9.97. The maximum atomic E-state index is 9.29. The van der Waals surface area contributed by atoms with Gasteiger partial charge < -0.3 is 9.47 Å². The molecule has 0 amide bonds. The second kappa shape index (κ2) is 4.99. The molecule has 2 heterocycles. The van der Waals surface area contributed by atoms with E-state index in [1.54, 1.807) is 6.20 Å². The van der Waals surface area contributed by atoms with Gasteiger partial charge in [-0.1, -0.05) is 12.1 Å². The quantitative estimate of drug-likeness (QED) is 0.842. The Morgan fingerprint density at radius 1 is 1.21 bits per heavy atom. The van der Waals surface area contributed by atoms with Gasteiger partial charge in [0.1, 0.15) is 0 Å². The minimum Gasteiger partial charge on any atom is -0.454 e. The molecule has 19 heavy (non-hydrogen) atoms. The predicted octanol–water partition coefficient (Wildman–Crippen LogP) is 2.66. The fourth-order valence-corrected chi connectivity index (χ4v) is 2.10. The monoisotopic (exact) mass is 252 g/mol. The zero-order valence-corrected chi connectivity index (χ0v) is 10.2. The van der Waals surface area contributed by atoms with Crippen molar-refractivity contribution in [2.45, 2.75) is 12.3 Å². The van der Waals surface area contributed by atoms with Gasteiger partial charge in [0, 0.05) is 6.20 Å². The first-order valence-corrected chi connectivity index (χ1v) is 6.06. The Morgan fingerprint density at radius 3 is 2.89 bits per heavy atom. The van der Waals surface area contributed by atoms with Crippen LogP contribution in [0.4, 0.5) is 0 Å². The molecule has 0 saturated carbocycles. The largest absolute Gasteiger partial charge is 0.454 e. The minimum atomic E-state index is -0.249. The van der Waals surface area contributed by atoms with E-state index < -0.39 is 0 Å². The van der Waals surface area contributed by atoms with E-state index in [4.69, 9.17) is 9.47 Å². The van der Waals surface area contributed by atoms with Crippen LogP contribution in [0.25, 0.3) is 0 Å². The second-order valence-corrected chi connectivity index (χ2v) is 4.33. The highest BCUT2D eigenvalue weighted by Gasteiger charge is 2.17. The Hall–Kier alpha value is -2.54. The molecule has 0 spiro atoms. The first kappa shape index (κ1) is 11.5. The van der Waals surface area contributed by atoms with Gasteiger partial charge in [0.2, 0.25) is 6.79 Å². The molecule has 1 unspecified atom stereocenters. The molecule has 3 rings (SSSR count). The summed E-state index contributed by atoms with van der Waals surface area (Å²) in [7, 11) is 0. The van der Waals surface area contributed by atoms with Crippen molar-refractivity contribution in [1.82, 2.24) is 4.98 Å². The van der Waals surface area contributed by atoms with E-state index in [2.05, 4.69) is 11.1 Å². The molecule has 0 bridgehead atoms. The SMILES string of the molecule is N#CC(Cc1ccc2c(c1)OCO2)c1ccccn1. The summed E-state index contributed by atoms with van der Waals surface area (Å²) < 4.78 is 10.6. The Bertz CT molecular complexity index is 620. The maximum absolute atomic E-state index is 9.29. The summed E-state index contributed by atoms with van der Waals surface area (Å²) in [5, 5.41) is 9.29. The van der Waals surface area contributed by atoms with Crippen molar-refractivity contribution < 1.29 is 9.47 Å². The summed E-state index contributed by atoms with van der Waals surface area (Å²) in [6.45, 7) is 0.265. The fourth-order valence-electron chi connectivity index (χ4n) is 2.10. The van der Waals surface area contributed by atoms with E-state index in [0.29, 0.717) is 6.42 Å².